The minimum atomic E-state index is -0.667. The Morgan fingerprint density at radius 1 is 1.15 bits per heavy atom. The quantitative estimate of drug-likeness (QED) is 0.499. The lowest BCUT2D eigenvalue weighted by Crippen LogP contribution is -2.16. The van der Waals surface area contributed by atoms with Crippen LogP contribution in [0.3, 0.4) is 0 Å². The average molecular weight is 356 g/mol. The van der Waals surface area contributed by atoms with Gasteiger partial charge in [0, 0.05) is 17.0 Å². The van der Waals surface area contributed by atoms with E-state index in [1.807, 2.05) is 19.1 Å². The van der Waals surface area contributed by atoms with Gasteiger partial charge in [-0.25, -0.2) is 14.0 Å². The van der Waals surface area contributed by atoms with Crippen LogP contribution in [0.4, 0.5) is 4.39 Å². The van der Waals surface area contributed by atoms with Crippen molar-refractivity contribution in [1.82, 2.24) is 0 Å². The topological polar surface area (TPSA) is 65.7 Å². The van der Waals surface area contributed by atoms with E-state index in [2.05, 4.69) is 0 Å². The van der Waals surface area contributed by atoms with E-state index in [1.165, 1.54) is 24.3 Å². The van der Waals surface area contributed by atoms with E-state index >= 15 is 0 Å². The number of halogens is 1. The molecule has 2 aromatic carbocycles. The van der Waals surface area contributed by atoms with Crippen LogP contribution in [0.2, 0.25) is 0 Å². The van der Waals surface area contributed by atoms with E-state index < -0.39 is 24.0 Å². The summed E-state index contributed by atoms with van der Waals surface area (Å²) >= 11 is 0. The van der Waals surface area contributed by atoms with Crippen molar-refractivity contribution in [3.63, 3.8) is 0 Å². The zero-order valence-corrected chi connectivity index (χ0v) is 14.2. The maximum Gasteiger partial charge on any atom is 0.344 e. The predicted octanol–water partition coefficient (Wildman–Crippen LogP) is 3.62. The van der Waals surface area contributed by atoms with Gasteiger partial charge in [-0.2, -0.15) is 0 Å². The summed E-state index contributed by atoms with van der Waals surface area (Å²) in [5.41, 5.74) is 1.51. The molecule has 0 bridgehead atoms. The second kappa shape index (κ2) is 7.82. The summed E-state index contributed by atoms with van der Waals surface area (Å²) in [6.45, 7) is 1.47. The molecule has 0 aliphatic rings. The van der Waals surface area contributed by atoms with Crippen molar-refractivity contribution in [2.24, 2.45) is 0 Å². The summed E-state index contributed by atoms with van der Waals surface area (Å²) in [7, 11) is 0. The zero-order chi connectivity index (χ0) is 18.5. The van der Waals surface area contributed by atoms with E-state index in [1.54, 1.807) is 12.1 Å². The second-order valence-electron chi connectivity index (χ2n) is 5.65. The number of ether oxygens (including phenoxy) is 2. The lowest BCUT2D eigenvalue weighted by molar-refractivity contribution is -0.147. The average Bonchev–Trinajstić information content (AvgIpc) is 2.64. The number of carbonyl (C=O) groups excluding carboxylic acids is 1. The minimum Gasteiger partial charge on any atom is -0.479 e. The normalized spacial score (nSPS) is 10.7. The monoisotopic (exact) mass is 356 g/mol. The lowest BCUT2D eigenvalue weighted by Gasteiger charge is -2.09. The Kier molecular flexibility index (Phi) is 5.31. The summed E-state index contributed by atoms with van der Waals surface area (Å²) in [4.78, 5) is 23.6. The molecule has 0 saturated carbocycles. The van der Waals surface area contributed by atoms with Crippen LogP contribution in [0.5, 0.6) is 5.75 Å². The number of carbonyl (C=O) groups is 1. The number of rotatable bonds is 6. The number of fused-ring (bicyclic) bond motifs is 1. The highest BCUT2D eigenvalue weighted by Gasteiger charge is 2.11. The molecule has 5 nitrogen and oxygen atoms in total. The van der Waals surface area contributed by atoms with Gasteiger partial charge in [0.1, 0.15) is 12.2 Å². The fourth-order valence-corrected chi connectivity index (χ4v) is 2.51. The summed E-state index contributed by atoms with van der Waals surface area (Å²) in [5.74, 6) is -1.25. The molecule has 0 aliphatic heterocycles. The first-order valence-electron chi connectivity index (χ1n) is 8.15. The highest BCUT2D eigenvalue weighted by Crippen LogP contribution is 2.20. The van der Waals surface area contributed by atoms with Crippen LogP contribution in [-0.4, -0.2) is 12.6 Å². The molecule has 0 aliphatic carbocycles. The van der Waals surface area contributed by atoms with Crippen LogP contribution in [0.1, 0.15) is 18.1 Å². The minimum absolute atomic E-state index is 0.0256. The molecule has 1 heterocycles. The Labute approximate surface area is 149 Å². The molecule has 26 heavy (non-hydrogen) atoms. The number of benzene rings is 2. The van der Waals surface area contributed by atoms with Gasteiger partial charge >= 0.3 is 11.6 Å². The Morgan fingerprint density at radius 3 is 2.73 bits per heavy atom. The van der Waals surface area contributed by atoms with Gasteiger partial charge in [-0.15, -0.1) is 0 Å². The van der Waals surface area contributed by atoms with Crippen molar-refractivity contribution in [2.75, 3.05) is 6.61 Å². The third-order valence-corrected chi connectivity index (χ3v) is 3.87. The smallest absolute Gasteiger partial charge is 0.344 e. The first-order chi connectivity index (χ1) is 12.6. The van der Waals surface area contributed by atoms with E-state index in [-0.39, 0.29) is 12.4 Å². The number of aryl methyl sites for hydroxylation is 1. The Morgan fingerprint density at radius 2 is 1.96 bits per heavy atom. The van der Waals surface area contributed by atoms with Gasteiger partial charge in [0.2, 0.25) is 0 Å². The van der Waals surface area contributed by atoms with Crippen LogP contribution in [-0.2, 0) is 22.6 Å². The summed E-state index contributed by atoms with van der Waals surface area (Å²) < 4.78 is 28.9. The van der Waals surface area contributed by atoms with Gasteiger partial charge in [0.25, 0.3) is 0 Å². The predicted molar refractivity (Wildman–Crippen MR) is 93.6 cm³/mol. The zero-order valence-electron chi connectivity index (χ0n) is 14.2. The van der Waals surface area contributed by atoms with Crippen molar-refractivity contribution in [1.29, 1.82) is 0 Å². The van der Waals surface area contributed by atoms with Crippen molar-refractivity contribution < 1.29 is 23.1 Å². The molecule has 3 aromatic rings. The van der Waals surface area contributed by atoms with Gasteiger partial charge in [-0.1, -0.05) is 31.2 Å². The van der Waals surface area contributed by atoms with E-state index in [0.29, 0.717) is 16.5 Å². The molecule has 0 fully saturated rings. The first kappa shape index (κ1) is 17.7. The highest BCUT2D eigenvalue weighted by molar-refractivity contribution is 5.81. The molecule has 0 atom stereocenters. The SMILES string of the molecule is CCc1ccc2c(COC(=O)COc3ccccc3F)cc(=O)oc2c1. The number of hydrogen-bond acceptors (Lipinski definition) is 5. The third kappa shape index (κ3) is 4.08. The molecule has 0 N–H and O–H groups in total. The Balaban J connectivity index is 1.68. The van der Waals surface area contributed by atoms with Gasteiger partial charge in [-0.05, 0) is 30.2 Å². The Hall–Kier alpha value is -3.15. The standard InChI is InChI=1S/C20H17FO5/c1-2-13-7-8-15-14(10-19(22)26-18(15)9-13)11-25-20(23)12-24-17-6-4-3-5-16(17)21/h3-10H,2,11-12H2,1H3. The summed E-state index contributed by atoms with van der Waals surface area (Å²) in [6.07, 6.45) is 0.812. The molecular formula is C20H17FO5. The van der Waals surface area contributed by atoms with Gasteiger partial charge in [-0.3, -0.25) is 0 Å². The first-order valence-corrected chi connectivity index (χ1v) is 8.15. The second-order valence-corrected chi connectivity index (χ2v) is 5.65. The maximum atomic E-state index is 13.4. The molecule has 6 heteroatoms. The van der Waals surface area contributed by atoms with Crippen LogP contribution in [0, 0.1) is 5.82 Å². The molecule has 0 unspecified atom stereocenters. The lowest BCUT2D eigenvalue weighted by atomic mass is 10.1. The van der Waals surface area contributed by atoms with Crippen LogP contribution < -0.4 is 10.4 Å². The van der Waals surface area contributed by atoms with Crippen molar-refractivity contribution in [3.05, 3.63) is 75.9 Å². The fourth-order valence-electron chi connectivity index (χ4n) is 2.51. The molecule has 3 rings (SSSR count). The molecule has 134 valence electrons. The summed E-state index contributed by atoms with van der Waals surface area (Å²) in [6, 6.07) is 12.6. The fraction of sp³-hybridized carbons (Fsp3) is 0.200. The van der Waals surface area contributed by atoms with Crippen LogP contribution in [0.15, 0.2) is 57.7 Å². The summed E-state index contributed by atoms with van der Waals surface area (Å²) in [5, 5.41) is 0.699. The van der Waals surface area contributed by atoms with Gasteiger partial charge in [0.15, 0.2) is 18.2 Å². The van der Waals surface area contributed by atoms with E-state index in [0.717, 1.165) is 12.0 Å². The molecular weight excluding hydrogens is 339 g/mol. The van der Waals surface area contributed by atoms with E-state index in [4.69, 9.17) is 13.9 Å². The van der Waals surface area contributed by atoms with Gasteiger partial charge in [0.05, 0.1) is 0 Å². The number of para-hydroxylation sites is 1. The maximum absolute atomic E-state index is 13.4. The number of hydrogen-bond donors (Lipinski definition) is 0. The Bertz CT molecular complexity index is 993. The largest absolute Gasteiger partial charge is 0.479 e. The van der Waals surface area contributed by atoms with Crippen molar-refractivity contribution in [3.8, 4) is 5.75 Å². The van der Waals surface area contributed by atoms with Crippen molar-refractivity contribution >= 4 is 16.9 Å². The molecule has 0 radical (unpaired) electrons. The number of esters is 1. The molecule has 1 aromatic heterocycles. The van der Waals surface area contributed by atoms with Crippen molar-refractivity contribution in [2.45, 2.75) is 20.0 Å². The van der Waals surface area contributed by atoms with Gasteiger partial charge < -0.3 is 13.9 Å². The third-order valence-electron chi connectivity index (χ3n) is 3.87. The van der Waals surface area contributed by atoms with E-state index in [9.17, 15) is 14.0 Å². The molecule has 0 saturated heterocycles. The molecule has 0 amide bonds. The van der Waals surface area contributed by atoms with Crippen LogP contribution in [0.25, 0.3) is 11.0 Å². The highest BCUT2D eigenvalue weighted by atomic mass is 19.1. The van der Waals surface area contributed by atoms with Crippen LogP contribution >= 0.6 is 0 Å². The molecule has 0 spiro atoms.